The molecule has 1 atom stereocenters. The van der Waals surface area contributed by atoms with Crippen molar-refractivity contribution in [2.75, 3.05) is 34.8 Å². The molecule has 128 valence electrons. The molecule has 2 aromatic rings. The third-order valence-electron chi connectivity index (χ3n) is 4.27. The number of aromatic nitrogens is 2. The van der Waals surface area contributed by atoms with Crippen molar-refractivity contribution in [3.8, 4) is 0 Å². The lowest BCUT2D eigenvalue weighted by molar-refractivity contribution is -0.117. The highest BCUT2D eigenvalue weighted by Crippen LogP contribution is 2.28. The molecule has 0 saturated carbocycles. The number of aryl methyl sites for hydroxylation is 2. The van der Waals surface area contributed by atoms with Gasteiger partial charge in [0.1, 0.15) is 5.76 Å². The SMILES string of the molecule is Cc1noc(C)c1[C@H](C)C(=O)Nc1cccnc1N1CCSCC1. The van der Waals surface area contributed by atoms with Crippen molar-refractivity contribution in [1.82, 2.24) is 10.1 Å². The van der Waals surface area contributed by atoms with E-state index in [0.717, 1.165) is 47.4 Å². The van der Waals surface area contributed by atoms with E-state index in [0.29, 0.717) is 5.76 Å². The minimum Gasteiger partial charge on any atom is -0.361 e. The van der Waals surface area contributed by atoms with Gasteiger partial charge in [0.05, 0.1) is 17.3 Å². The third-order valence-corrected chi connectivity index (χ3v) is 5.21. The highest BCUT2D eigenvalue weighted by Gasteiger charge is 2.24. The second-order valence-electron chi connectivity index (χ2n) is 5.92. The zero-order valence-electron chi connectivity index (χ0n) is 14.2. The van der Waals surface area contributed by atoms with Crippen molar-refractivity contribution in [3.63, 3.8) is 0 Å². The maximum absolute atomic E-state index is 12.7. The molecular weight excluding hydrogens is 324 g/mol. The van der Waals surface area contributed by atoms with Gasteiger partial charge in [-0.05, 0) is 32.9 Å². The Bertz CT molecular complexity index is 706. The van der Waals surface area contributed by atoms with Crippen LogP contribution in [-0.2, 0) is 4.79 Å². The number of thioether (sulfide) groups is 1. The number of rotatable bonds is 4. The number of carbonyl (C=O) groups is 1. The van der Waals surface area contributed by atoms with Crippen LogP contribution in [0.3, 0.4) is 0 Å². The molecule has 3 rings (SSSR count). The standard InChI is InChI=1S/C17H22N4O2S/c1-11(15-12(2)20-23-13(15)3)17(22)19-14-5-4-6-18-16(14)21-7-9-24-10-8-21/h4-6,11H,7-10H2,1-3H3,(H,19,22)/t11-/m0/s1. The molecule has 1 aliphatic heterocycles. The van der Waals surface area contributed by atoms with Crippen LogP contribution in [0.15, 0.2) is 22.9 Å². The topological polar surface area (TPSA) is 71.3 Å². The van der Waals surface area contributed by atoms with Crippen LogP contribution in [0.2, 0.25) is 0 Å². The molecule has 1 aliphatic rings. The molecule has 0 spiro atoms. The van der Waals surface area contributed by atoms with Gasteiger partial charge in [-0.25, -0.2) is 4.98 Å². The van der Waals surface area contributed by atoms with E-state index in [-0.39, 0.29) is 11.8 Å². The molecule has 6 nitrogen and oxygen atoms in total. The van der Waals surface area contributed by atoms with E-state index in [1.807, 2.05) is 44.7 Å². The molecule has 3 heterocycles. The van der Waals surface area contributed by atoms with Crippen molar-refractivity contribution in [2.24, 2.45) is 0 Å². The Morgan fingerprint density at radius 2 is 2.12 bits per heavy atom. The highest BCUT2D eigenvalue weighted by molar-refractivity contribution is 7.99. The largest absolute Gasteiger partial charge is 0.361 e. The van der Waals surface area contributed by atoms with Gasteiger partial charge in [-0.2, -0.15) is 11.8 Å². The number of nitrogens with zero attached hydrogens (tertiary/aromatic N) is 3. The molecular formula is C17H22N4O2S. The lowest BCUT2D eigenvalue weighted by Gasteiger charge is -2.29. The van der Waals surface area contributed by atoms with Crippen LogP contribution in [-0.4, -0.2) is 40.6 Å². The van der Waals surface area contributed by atoms with E-state index in [2.05, 4.69) is 20.4 Å². The normalized spacial score (nSPS) is 16.0. The van der Waals surface area contributed by atoms with Gasteiger partial charge in [0, 0.05) is 36.4 Å². The molecule has 0 aromatic carbocycles. The van der Waals surface area contributed by atoms with Crippen molar-refractivity contribution in [3.05, 3.63) is 35.3 Å². The summed E-state index contributed by atoms with van der Waals surface area (Å²) in [6.07, 6.45) is 1.77. The molecule has 7 heteroatoms. The van der Waals surface area contributed by atoms with Crippen molar-refractivity contribution >= 4 is 29.2 Å². The molecule has 0 radical (unpaired) electrons. The van der Waals surface area contributed by atoms with Crippen molar-refractivity contribution in [1.29, 1.82) is 0 Å². The van der Waals surface area contributed by atoms with Gasteiger partial charge < -0.3 is 14.7 Å². The minimum atomic E-state index is -0.332. The Kier molecular flexibility index (Phi) is 5.08. The average Bonchev–Trinajstić information content (AvgIpc) is 2.94. The predicted molar refractivity (Wildman–Crippen MR) is 96.8 cm³/mol. The first-order valence-electron chi connectivity index (χ1n) is 8.09. The Hall–Kier alpha value is -2.02. The Morgan fingerprint density at radius 1 is 1.38 bits per heavy atom. The maximum atomic E-state index is 12.7. The number of hydrogen-bond donors (Lipinski definition) is 1. The van der Waals surface area contributed by atoms with E-state index in [9.17, 15) is 4.79 Å². The maximum Gasteiger partial charge on any atom is 0.231 e. The van der Waals surface area contributed by atoms with Gasteiger partial charge >= 0.3 is 0 Å². The quantitative estimate of drug-likeness (QED) is 0.918. The number of carbonyl (C=O) groups excluding carboxylic acids is 1. The van der Waals surface area contributed by atoms with Gasteiger partial charge in [-0.3, -0.25) is 4.79 Å². The zero-order valence-corrected chi connectivity index (χ0v) is 15.0. The number of hydrogen-bond acceptors (Lipinski definition) is 6. The Labute approximate surface area is 146 Å². The molecule has 1 saturated heterocycles. The van der Waals surface area contributed by atoms with E-state index < -0.39 is 0 Å². The molecule has 0 unspecified atom stereocenters. The summed E-state index contributed by atoms with van der Waals surface area (Å²) in [5.41, 5.74) is 2.37. The molecule has 0 aliphatic carbocycles. The van der Waals surface area contributed by atoms with Crippen LogP contribution >= 0.6 is 11.8 Å². The number of nitrogens with one attached hydrogen (secondary N) is 1. The first-order valence-corrected chi connectivity index (χ1v) is 9.24. The summed E-state index contributed by atoms with van der Waals surface area (Å²) in [5.74, 6) is 3.29. The summed E-state index contributed by atoms with van der Waals surface area (Å²) in [6, 6.07) is 3.75. The Morgan fingerprint density at radius 3 is 2.79 bits per heavy atom. The summed E-state index contributed by atoms with van der Waals surface area (Å²) in [4.78, 5) is 19.4. The number of pyridine rings is 1. The van der Waals surface area contributed by atoms with E-state index in [1.54, 1.807) is 6.20 Å². The summed E-state index contributed by atoms with van der Waals surface area (Å²) in [7, 11) is 0. The van der Waals surface area contributed by atoms with Crippen LogP contribution in [0.1, 0.15) is 29.9 Å². The van der Waals surface area contributed by atoms with E-state index >= 15 is 0 Å². The fourth-order valence-corrected chi connectivity index (χ4v) is 3.91. The Balaban J connectivity index is 1.79. The molecule has 1 fully saturated rings. The van der Waals surface area contributed by atoms with Crippen LogP contribution in [0, 0.1) is 13.8 Å². The lowest BCUT2D eigenvalue weighted by atomic mass is 9.98. The summed E-state index contributed by atoms with van der Waals surface area (Å²) in [5, 5.41) is 6.97. The minimum absolute atomic E-state index is 0.0787. The number of amides is 1. The molecule has 24 heavy (non-hydrogen) atoms. The number of anilines is 2. The van der Waals surface area contributed by atoms with Gasteiger partial charge in [0.2, 0.25) is 5.91 Å². The monoisotopic (exact) mass is 346 g/mol. The molecule has 1 amide bonds. The van der Waals surface area contributed by atoms with Gasteiger partial charge in [-0.1, -0.05) is 5.16 Å². The van der Waals surface area contributed by atoms with E-state index in [4.69, 9.17) is 4.52 Å². The third kappa shape index (κ3) is 3.40. The molecule has 1 N–H and O–H groups in total. The van der Waals surface area contributed by atoms with Crippen molar-refractivity contribution < 1.29 is 9.32 Å². The molecule has 0 bridgehead atoms. The zero-order chi connectivity index (χ0) is 17.1. The smallest absolute Gasteiger partial charge is 0.231 e. The second kappa shape index (κ2) is 7.25. The molecule has 2 aromatic heterocycles. The highest BCUT2D eigenvalue weighted by atomic mass is 32.2. The first-order chi connectivity index (χ1) is 11.6. The van der Waals surface area contributed by atoms with Gasteiger partial charge in [-0.15, -0.1) is 0 Å². The van der Waals surface area contributed by atoms with Gasteiger partial charge in [0.25, 0.3) is 0 Å². The van der Waals surface area contributed by atoms with Crippen LogP contribution in [0.4, 0.5) is 11.5 Å². The van der Waals surface area contributed by atoms with Gasteiger partial charge in [0.15, 0.2) is 5.82 Å². The van der Waals surface area contributed by atoms with E-state index in [1.165, 1.54) is 0 Å². The predicted octanol–water partition coefficient (Wildman–Crippen LogP) is 2.98. The van der Waals surface area contributed by atoms with Crippen LogP contribution in [0.25, 0.3) is 0 Å². The first kappa shape index (κ1) is 16.8. The summed E-state index contributed by atoms with van der Waals surface area (Å²) >= 11 is 1.95. The summed E-state index contributed by atoms with van der Waals surface area (Å²) in [6.45, 7) is 7.46. The average molecular weight is 346 g/mol. The fourth-order valence-electron chi connectivity index (χ4n) is 3.00. The van der Waals surface area contributed by atoms with Crippen LogP contribution in [0.5, 0.6) is 0 Å². The summed E-state index contributed by atoms with van der Waals surface area (Å²) < 4.78 is 5.18. The fraction of sp³-hybridized carbons (Fsp3) is 0.471. The second-order valence-corrected chi connectivity index (χ2v) is 7.15. The van der Waals surface area contributed by atoms with Crippen LogP contribution < -0.4 is 10.2 Å². The lowest BCUT2D eigenvalue weighted by Crippen LogP contribution is -2.34. The van der Waals surface area contributed by atoms with Crippen molar-refractivity contribution in [2.45, 2.75) is 26.7 Å².